The lowest BCUT2D eigenvalue weighted by Crippen LogP contribution is -2.31. The first-order valence-electron chi connectivity index (χ1n) is 7.63. The van der Waals surface area contributed by atoms with Gasteiger partial charge >= 0.3 is 6.18 Å². The first kappa shape index (κ1) is 19.4. The summed E-state index contributed by atoms with van der Waals surface area (Å²) < 4.78 is 53.3. The second-order valence-corrected chi connectivity index (χ2v) is 5.70. The van der Waals surface area contributed by atoms with Crippen LogP contribution in [0.25, 0.3) is 0 Å². The largest absolute Gasteiger partial charge is 0.421 e. The summed E-state index contributed by atoms with van der Waals surface area (Å²) in [6.07, 6.45) is -2.54. The molecule has 0 saturated heterocycles. The quantitative estimate of drug-likeness (QED) is 0.757. The summed E-state index contributed by atoms with van der Waals surface area (Å²) in [6, 6.07) is 1.83. The maximum Gasteiger partial charge on any atom is 0.421 e. The van der Waals surface area contributed by atoms with Crippen molar-refractivity contribution in [3.63, 3.8) is 0 Å². The van der Waals surface area contributed by atoms with Gasteiger partial charge in [0.2, 0.25) is 5.95 Å². The summed E-state index contributed by atoms with van der Waals surface area (Å²) in [5.74, 6) is -0.441. The lowest BCUT2D eigenvalue weighted by molar-refractivity contribution is -0.137. The highest BCUT2D eigenvalue weighted by molar-refractivity contribution is 5.58. The first-order valence-corrected chi connectivity index (χ1v) is 7.63. The van der Waals surface area contributed by atoms with E-state index in [9.17, 15) is 17.6 Å². The molecular weight excluding hydrogens is 354 g/mol. The van der Waals surface area contributed by atoms with E-state index in [2.05, 4.69) is 25.7 Å². The third-order valence-corrected chi connectivity index (χ3v) is 3.59. The van der Waals surface area contributed by atoms with Crippen molar-refractivity contribution in [2.75, 3.05) is 23.9 Å². The molecule has 7 nitrogen and oxygen atoms in total. The number of aryl methyl sites for hydroxylation is 1. The van der Waals surface area contributed by atoms with Crippen LogP contribution in [-0.2, 0) is 11.7 Å². The molecule has 11 heteroatoms. The number of rotatable bonds is 6. The monoisotopic (exact) mass is 371 g/mol. The zero-order valence-corrected chi connectivity index (χ0v) is 14.3. The number of halogens is 4. The minimum absolute atomic E-state index is 0.0875. The van der Waals surface area contributed by atoms with Gasteiger partial charge < -0.3 is 10.6 Å². The molecule has 2 aromatic rings. The second-order valence-electron chi connectivity index (χ2n) is 5.70. The highest BCUT2D eigenvalue weighted by atomic mass is 19.4. The topological polar surface area (TPSA) is 91.5 Å². The highest BCUT2D eigenvalue weighted by Gasteiger charge is 2.35. The number of nitrogens with one attached hydrogen (secondary N) is 2. The third kappa shape index (κ3) is 3.84. The van der Waals surface area contributed by atoms with E-state index < -0.39 is 24.0 Å². The fraction of sp³-hybridized carbons (Fsp3) is 0.467. The Hall–Kier alpha value is -2.90. The molecule has 0 aliphatic heterocycles. The van der Waals surface area contributed by atoms with E-state index in [1.165, 1.54) is 13.1 Å². The highest BCUT2D eigenvalue weighted by Crippen LogP contribution is 2.34. The number of hydrogen-bond acceptors (Lipinski definition) is 6. The molecule has 0 aromatic carbocycles. The van der Waals surface area contributed by atoms with Gasteiger partial charge in [0.15, 0.2) is 5.54 Å². The normalized spacial score (nSPS) is 13.8. The molecular formula is C15H17F4N7. The summed E-state index contributed by atoms with van der Waals surface area (Å²) in [4.78, 5) is 7.53. The summed E-state index contributed by atoms with van der Waals surface area (Å²) in [5, 5.41) is 18.5. The number of alkyl halides is 4. The molecule has 2 N–H and O–H groups in total. The zero-order valence-electron chi connectivity index (χ0n) is 14.3. The third-order valence-electron chi connectivity index (χ3n) is 3.59. The van der Waals surface area contributed by atoms with Crippen LogP contribution in [0, 0.1) is 18.3 Å². The molecule has 0 unspecified atom stereocenters. The van der Waals surface area contributed by atoms with Crippen LogP contribution in [0.4, 0.5) is 35.0 Å². The van der Waals surface area contributed by atoms with Crippen LogP contribution >= 0.6 is 0 Å². The number of aromatic nitrogens is 4. The van der Waals surface area contributed by atoms with E-state index in [1.54, 1.807) is 13.8 Å². The molecule has 0 aliphatic carbocycles. The van der Waals surface area contributed by atoms with Crippen molar-refractivity contribution in [3.05, 3.63) is 23.7 Å². The molecule has 2 aromatic heterocycles. The second kappa shape index (κ2) is 7.15. The lowest BCUT2D eigenvalue weighted by Gasteiger charge is -2.17. The summed E-state index contributed by atoms with van der Waals surface area (Å²) in [5.41, 5.74) is -1.71. The molecule has 0 fully saturated rings. The Balaban J connectivity index is 2.36. The Kier molecular flexibility index (Phi) is 5.34. The lowest BCUT2D eigenvalue weighted by atomic mass is 10.1. The molecule has 2 heterocycles. The Bertz CT molecular complexity index is 824. The van der Waals surface area contributed by atoms with Gasteiger partial charge in [-0.15, -0.1) is 0 Å². The van der Waals surface area contributed by atoms with E-state index in [1.807, 2.05) is 6.07 Å². The zero-order chi connectivity index (χ0) is 19.5. The van der Waals surface area contributed by atoms with Gasteiger partial charge in [0.05, 0.1) is 23.6 Å². The van der Waals surface area contributed by atoms with Crippen LogP contribution in [0.5, 0.6) is 0 Å². The van der Waals surface area contributed by atoms with E-state index >= 15 is 0 Å². The van der Waals surface area contributed by atoms with Crippen LogP contribution in [0.15, 0.2) is 12.4 Å². The van der Waals surface area contributed by atoms with Gasteiger partial charge in [0, 0.05) is 12.7 Å². The fourth-order valence-corrected chi connectivity index (χ4v) is 2.05. The first-order chi connectivity index (χ1) is 12.1. The summed E-state index contributed by atoms with van der Waals surface area (Å²) >= 11 is 0. The number of anilines is 3. The van der Waals surface area contributed by atoms with Crippen LogP contribution in [0.1, 0.15) is 25.1 Å². The predicted octanol–water partition coefficient (Wildman–Crippen LogP) is 3.38. The molecule has 0 saturated carbocycles. The van der Waals surface area contributed by atoms with E-state index in [0.717, 1.165) is 4.68 Å². The Labute approximate surface area is 147 Å². The minimum Gasteiger partial charge on any atom is -0.370 e. The molecule has 26 heavy (non-hydrogen) atoms. The maximum absolute atomic E-state index is 13.1. The average Bonchev–Trinajstić information content (AvgIpc) is 2.95. The van der Waals surface area contributed by atoms with Gasteiger partial charge in [-0.1, -0.05) is 0 Å². The standard InChI is InChI=1S/C15H17F4N7/c1-4-21-12-10(15(17,18)19)5-22-13(24-12)23-11-6-26(25-9(11)2)14(3,7-16)8-20/h5-6H,4,7H2,1-3H3,(H2,21,22,23,24)/t14-/m1/s1. The van der Waals surface area contributed by atoms with Crippen LogP contribution < -0.4 is 10.6 Å². The molecule has 140 valence electrons. The molecule has 1 atom stereocenters. The van der Waals surface area contributed by atoms with Crippen molar-refractivity contribution in [1.29, 1.82) is 5.26 Å². The van der Waals surface area contributed by atoms with E-state index in [0.29, 0.717) is 17.6 Å². The Morgan fingerprint density at radius 1 is 1.35 bits per heavy atom. The summed E-state index contributed by atoms with van der Waals surface area (Å²) in [6.45, 7) is 3.91. The Morgan fingerprint density at radius 2 is 2.04 bits per heavy atom. The smallest absolute Gasteiger partial charge is 0.370 e. The molecule has 0 amide bonds. The van der Waals surface area contributed by atoms with Crippen molar-refractivity contribution >= 4 is 17.5 Å². The van der Waals surface area contributed by atoms with Gasteiger partial charge in [0.25, 0.3) is 0 Å². The molecule has 0 radical (unpaired) electrons. The number of hydrogen-bond donors (Lipinski definition) is 2. The molecule has 0 aliphatic rings. The van der Waals surface area contributed by atoms with Gasteiger partial charge in [-0.05, 0) is 20.8 Å². The van der Waals surface area contributed by atoms with Gasteiger partial charge in [-0.3, -0.25) is 0 Å². The maximum atomic E-state index is 13.1. The average molecular weight is 371 g/mol. The van der Waals surface area contributed by atoms with Gasteiger partial charge in [-0.25, -0.2) is 14.1 Å². The predicted molar refractivity (Wildman–Crippen MR) is 86.7 cm³/mol. The van der Waals surface area contributed by atoms with E-state index in [4.69, 9.17) is 5.26 Å². The van der Waals surface area contributed by atoms with Crippen LogP contribution in [-0.4, -0.2) is 33.0 Å². The molecule has 0 spiro atoms. The SMILES string of the molecule is CCNc1nc(Nc2cn([C@@](C)(C#N)CF)nc2C)ncc1C(F)(F)F. The number of nitrogens with zero attached hydrogens (tertiary/aromatic N) is 5. The minimum atomic E-state index is -4.59. The van der Waals surface area contributed by atoms with Crippen LogP contribution in [0.3, 0.4) is 0 Å². The van der Waals surface area contributed by atoms with Crippen molar-refractivity contribution in [3.8, 4) is 6.07 Å². The molecule has 2 rings (SSSR count). The van der Waals surface area contributed by atoms with Crippen molar-refractivity contribution in [2.45, 2.75) is 32.5 Å². The van der Waals surface area contributed by atoms with Crippen molar-refractivity contribution < 1.29 is 17.6 Å². The van der Waals surface area contributed by atoms with Gasteiger partial charge in [-0.2, -0.15) is 28.5 Å². The fourth-order valence-electron chi connectivity index (χ4n) is 2.05. The summed E-state index contributed by atoms with van der Waals surface area (Å²) in [7, 11) is 0. The van der Waals surface area contributed by atoms with Crippen molar-refractivity contribution in [2.24, 2.45) is 0 Å². The molecule has 0 bridgehead atoms. The number of nitriles is 1. The Morgan fingerprint density at radius 3 is 2.58 bits per heavy atom. The van der Waals surface area contributed by atoms with Crippen molar-refractivity contribution in [1.82, 2.24) is 19.7 Å². The van der Waals surface area contributed by atoms with E-state index in [-0.39, 0.29) is 18.3 Å². The van der Waals surface area contributed by atoms with Gasteiger partial charge in [0.1, 0.15) is 18.1 Å². The van der Waals surface area contributed by atoms with Crippen LogP contribution in [0.2, 0.25) is 0 Å².